The number of anilines is 1. The quantitative estimate of drug-likeness (QED) is 0.783. The summed E-state index contributed by atoms with van der Waals surface area (Å²) in [7, 11) is 5.40. The average Bonchev–Trinajstić information content (AvgIpc) is 2.34. The van der Waals surface area contributed by atoms with Crippen LogP contribution in [0.15, 0.2) is 6.07 Å². The van der Waals surface area contributed by atoms with E-state index in [4.69, 9.17) is 0 Å². The maximum Gasteiger partial charge on any atom is 0.376 e. The lowest BCUT2D eigenvalue weighted by Crippen LogP contribution is -2.24. The fourth-order valence-corrected chi connectivity index (χ4v) is 1.60. The molecule has 19 heavy (non-hydrogen) atoms. The number of hydrogen-bond donors (Lipinski definition) is 1. The highest BCUT2D eigenvalue weighted by molar-refractivity contribution is 5.85. The van der Waals surface area contributed by atoms with Crippen molar-refractivity contribution in [3.05, 3.63) is 17.6 Å². The topological polar surface area (TPSA) is 67.3 Å². The monoisotopic (exact) mass is 266 g/mol. The molecule has 0 saturated heterocycles. The lowest BCUT2D eigenvalue weighted by Gasteiger charge is -2.17. The summed E-state index contributed by atoms with van der Waals surface area (Å²) in [5.74, 6) is 0.219. The summed E-state index contributed by atoms with van der Waals surface area (Å²) in [4.78, 5) is 21.8. The molecule has 6 nitrogen and oxygen atoms in total. The van der Waals surface area contributed by atoms with Gasteiger partial charge in [0.15, 0.2) is 0 Å². The van der Waals surface area contributed by atoms with Crippen LogP contribution in [0, 0.1) is 6.92 Å². The number of nitrogens with one attached hydrogen (secondary N) is 1. The minimum Gasteiger partial charge on any atom is -0.463 e. The van der Waals surface area contributed by atoms with Gasteiger partial charge in [-0.3, -0.25) is 0 Å². The molecule has 0 fully saturated rings. The summed E-state index contributed by atoms with van der Waals surface area (Å²) < 4.78 is 4.63. The molecule has 0 aliphatic rings. The molecule has 1 atom stereocenters. The van der Waals surface area contributed by atoms with Crippen LogP contribution in [-0.4, -0.2) is 54.6 Å². The Kier molecular flexibility index (Phi) is 5.69. The molecule has 0 spiro atoms. The Morgan fingerprint density at radius 1 is 1.47 bits per heavy atom. The number of ether oxygens (including phenoxy) is 1. The van der Waals surface area contributed by atoms with Crippen molar-refractivity contribution in [1.29, 1.82) is 0 Å². The van der Waals surface area contributed by atoms with Crippen LogP contribution in [0.4, 0.5) is 5.82 Å². The molecule has 0 aliphatic carbocycles. The summed E-state index contributed by atoms with van der Waals surface area (Å²) in [6.07, 6.45) is 0.990. The summed E-state index contributed by atoms with van der Waals surface area (Å²) in [5, 5.41) is 3.27. The van der Waals surface area contributed by atoms with Gasteiger partial charge in [0.25, 0.3) is 0 Å². The highest BCUT2D eigenvalue weighted by atomic mass is 16.5. The molecule has 6 heteroatoms. The maximum absolute atomic E-state index is 11.4. The zero-order valence-corrected chi connectivity index (χ0v) is 12.2. The van der Waals surface area contributed by atoms with E-state index in [1.165, 1.54) is 7.11 Å². The van der Waals surface area contributed by atoms with E-state index in [2.05, 4.69) is 31.8 Å². The largest absolute Gasteiger partial charge is 0.463 e. The van der Waals surface area contributed by atoms with Gasteiger partial charge in [-0.1, -0.05) is 0 Å². The second kappa shape index (κ2) is 7.04. The molecule has 1 rings (SSSR count). The van der Waals surface area contributed by atoms with Crippen LogP contribution in [0.2, 0.25) is 0 Å². The Morgan fingerprint density at radius 3 is 2.74 bits per heavy atom. The number of nitrogens with zero attached hydrogens (tertiary/aromatic N) is 3. The summed E-state index contributed by atoms with van der Waals surface area (Å²) >= 11 is 0. The van der Waals surface area contributed by atoms with E-state index in [1.807, 2.05) is 27.1 Å². The fourth-order valence-electron chi connectivity index (χ4n) is 1.60. The molecule has 106 valence electrons. The van der Waals surface area contributed by atoms with E-state index in [9.17, 15) is 4.79 Å². The third-order valence-corrected chi connectivity index (χ3v) is 2.63. The SMILES string of the molecule is COC(=O)c1nc(C)cc(NC(C)CCN(C)C)n1. The second-order valence-corrected chi connectivity index (χ2v) is 4.85. The van der Waals surface area contributed by atoms with Crippen molar-refractivity contribution in [1.82, 2.24) is 14.9 Å². The van der Waals surface area contributed by atoms with Crippen molar-refractivity contribution in [3.8, 4) is 0 Å². The molecule has 0 saturated carbocycles. The predicted molar refractivity (Wildman–Crippen MR) is 74.4 cm³/mol. The third kappa shape index (κ3) is 5.21. The zero-order valence-electron chi connectivity index (χ0n) is 12.2. The molecule has 0 aromatic carbocycles. The van der Waals surface area contributed by atoms with Gasteiger partial charge in [-0.2, -0.15) is 0 Å². The third-order valence-electron chi connectivity index (χ3n) is 2.63. The van der Waals surface area contributed by atoms with Crippen molar-refractivity contribution in [2.75, 3.05) is 33.1 Å². The number of methoxy groups -OCH3 is 1. The molecule has 0 bridgehead atoms. The van der Waals surface area contributed by atoms with E-state index in [1.54, 1.807) is 0 Å². The van der Waals surface area contributed by atoms with E-state index in [-0.39, 0.29) is 11.9 Å². The zero-order chi connectivity index (χ0) is 14.4. The van der Waals surface area contributed by atoms with Gasteiger partial charge in [-0.15, -0.1) is 0 Å². The second-order valence-electron chi connectivity index (χ2n) is 4.85. The predicted octanol–water partition coefficient (Wildman–Crippen LogP) is 1.32. The molecule has 1 aromatic rings. The van der Waals surface area contributed by atoms with Gasteiger partial charge in [0, 0.05) is 17.8 Å². The molecular formula is C13H22N4O2. The van der Waals surface area contributed by atoms with E-state index in [0.717, 1.165) is 18.7 Å². The normalized spacial score (nSPS) is 12.3. The molecule has 1 N–H and O–H groups in total. The Morgan fingerprint density at radius 2 is 2.16 bits per heavy atom. The first-order valence-electron chi connectivity index (χ1n) is 6.27. The minimum absolute atomic E-state index is 0.0878. The summed E-state index contributed by atoms with van der Waals surface area (Å²) in [6, 6.07) is 2.08. The van der Waals surface area contributed by atoms with Crippen molar-refractivity contribution < 1.29 is 9.53 Å². The highest BCUT2D eigenvalue weighted by Gasteiger charge is 2.12. The number of carbonyl (C=O) groups excluding carboxylic acids is 1. The first-order valence-corrected chi connectivity index (χ1v) is 6.27. The lowest BCUT2D eigenvalue weighted by atomic mass is 10.2. The van der Waals surface area contributed by atoms with Crippen LogP contribution in [-0.2, 0) is 4.74 Å². The van der Waals surface area contributed by atoms with Gasteiger partial charge < -0.3 is 15.0 Å². The number of carbonyl (C=O) groups is 1. The van der Waals surface area contributed by atoms with Crippen LogP contribution >= 0.6 is 0 Å². The van der Waals surface area contributed by atoms with Crippen molar-refractivity contribution in [3.63, 3.8) is 0 Å². The van der Waals surface area contributed by atoms with Gasteiger partial charge in [-0.05, 0) is 40.9 Å². The molecule has 1 heterocycles. The number of hydrogen-bond acceptors (Lipinski definition) is 6. The van der Waals surface area contributed by atoms with Crippen molar-refractivity contribution >= 4 is 11.8 Å². The maximum atomic E-state index is 11.4. The standard InChI is InChI=1S/C13H22N4O2/c1-9(6-7-17(3)4)14-11-8-10(2)15-12(16-11)13(18)19-5/h8-9H,6-7H2,1-5H3,(H,14,15,16). The van der Waals surface area contributed by atoms with E-state index in [0.29, 0.717) is 5.82 Å². The Balaban J connectivity index is 2.72. The molecule has 1 aromatic heterocycles. The van der Waals surface area contributed by atoms with Crippen molar-refractivity contribution in [2.45, 2.75) is 26.3 Å². The molecule has 0 aliphatic heterocycles. The first kappa shape index (κ1) is 15.4. The Labute approximate surface area is 114 Å². The van der Waals surface area contributed by atoms with Gasteiger partial charge in [-0.25, -0.2) is 14.8 Å². The molecule has 1 unspecified atom stereocenters. The summed E-state index contributed by atoms with van der Waals surface area (Å²) in [6.45, 7) is 4.89. The van der Waals surface area contributed by atoms with Crippen LogP contribution in [0.5, 0.6) is 0 Å². The molecular weight excluding hydrogens is 244 g/mol. The molecule has 0 amide bonds. The van der Waals surface area contributed by atoms with E-state index >= 15 is 0 Å². The minimum atomic E-state index is -0.521. The number of esters is 1. The number of aryl methyl sites for hydroxylation is 1. The Bertz CT molecular complexity index is 435. The van der Waals surface area contributed by atoms with Crippen LogP contribution in [0.3, 0.4) is 0 Å². The van der Waals surface area contributed by atoms with Gasteiger partial charge in [0.2, 0.25) is 5.82 Å². The van der Waals surface area contributed by atoms with Crippen molar-refractivity contribution in [2.24, 2.45) is 0 Å². The number of rotatable bonds is 6. The summed E-state index contributed by atoms with van der Waals surface area (Å²) in [5.41, 5.74) is 0.734. The van der Waals surface area contributed by atoms with Gasteiger partial charge >= 0.3 is 5.97 Å². The highest BCUT2D eigenvalue weighted by Crippen LogP contribution is 2.10. The average molecular weight is 266 g/mol. The fraction of sp³-hybridized carbons (Fsp3) is 0.615. The van der Waals surface area contributed by atoms with Crippen LogP contribution < -0.4 is 5.32 Å². The van der Waals surface area contributed by atoms with E-state index < -0.39 is 5.97 Å². The number of aromatic nitrogens is 2. The molecule has 0 radical (unpaired) electrons. The lowest BCUT2D eigenvalue weighted by molar-refractivity contribution is 0.0586. The van der Waals surface area contributed by atoms with Crippen LogP contribution in [0.25, 0.3) is 0 Å². The van der Waals surface area contributed by atoms with Gasteiger partial charge in [0.1, 0.15) is 5.82 Å². The van der Waals surface area contributed by atoms with Gasteiger partial charge in [0.05, 0.1) is 7.11 Å². The smallest absolute Gasteiger partial charge is 0.376 e. The van der Waals surface area contributed by atoms with Crippen LogP contribution in [0.1, 0.15) is 29.7 Å². The first-order chi connectivity index (χ1) is 8.92. The Hall–Kier alpha value is -1.69.